The van der Waals surface area contributed by atoms with Crippen LogP contribution in [0.2, 0.25) is 0 Å². The summed E-state index contributed by atoms with van der Waals surface area (Å²) in [5.74, 6) is 1.79. The van der Waals surface area contributed by atoms with Crippen molar-refractivity contribution in [2.24, 2.45) is 0 Å². The van der Waals surface area contributed by atoms with E-state index in [0.717, 1.165) is 11.4 Å². The zero-order valence-electron chi connectivity index (χ0n) is 12.1. The normalized spacial score (nSPS) is 10.0. The predicted molar refractivity (Wildman–Crippen MR) is 81.8 cm³/mol. The lowest BCUT2D eigenvalue weighted by Crippen LogP contribution is -2.11. The second-order valence-electron chi connectivity index (χ2n) is 4.29. The van der Waals surface area contributed by atoms with Crippen LogP contribution in [0.3, 0.4) is 0 Å². The Kier molecular flexibility index (Phi) is 5.09. The van der Waals surface area contributed by atoms with Crippen LogP contribution in [-0.2, 0) is 4.79 Å². The van der Waals surface area contributed by atoms with Crippen LogP contribution in [0.5, 0.6) is 5.75 Å². The van der Waals surface area contributed by atoms with Crippen molar-refractivity contribution in [2.75, 3.05) is 17.2 Å². The fourth-order valence-corrected chi connectivity index (χ4v) is 1.65. The third-order valence-corrected chi connectivity index (χ3v) is 2.69. The van der Waals surface area contributed by atoms with Crippen LogP contribution in [-0.4, -0.2) is 22.7 Å². The molecule has 6 nitrogen and oxygen atoms in total. The highest BCUT2D eigenvalue weighted by atomic mass is 16.5. The number of ether oxygens (including phenoxy) is 1. The monoisotopic (exact) mass is 286 g/mol. The van der Waals surface area contributed by atoms with Crippen LogP contribution in [0.4, 0.5) is 17.3 Å². The molecule has 0 radical (unpaired) electrons. The minimum Gasteiger partial charge on any atom is -0.494 e. The number of hydrogen-bond donors (Lipinski definition) is 2. The number of carbonyl (C=O) groups excluding carboxylic acids is 1. The van der Waals surface area contributed by atoms with Crippen LogP contribution in [0.25, 0.3) is 0 Å². The number of nitrogens with one attached hydrogen (secondary N) is 2. The molecule has 21 heavy (non-hydrogen) atoms. The topological polar surface area (TPSA) is 76.1 Å². The minimum absolute atomic E-state index is 0.0866. The van der Waals surface area contributed by atoms with Crippen molar-refractivity contribution in [1.82, 2.24) is 10.2 Å². The van der Waals surface area contributed by atoms with Crippen molar-refractivity contribution in [3.63, 3.8) is 0 Å². The zero-order chi connectivity index (χ0) is 15.1. The number of nitrogens with zero attached hydrogens (tertiary/aromatic N) is 2. The Balaban J connectivity index is 1.97. The van der Waals surface area contributed by atoms with Gasteiger partial charge in [-0.15, -0.1) is 10.2 Å². The molecule has 0 saturated carbocycles. The molecule has 0 atom stereocenters. The van der Waals surface area contributed by atoms with Gasteiger partial charge in [-0.2, -0.15) is 0 Å². The third-order valence-electron chi connectivity index (χ3n) is 2.69. The zero-order valence-corrected chi connectivity index (χ0v) is 12.1. The summed E-state index contributed by atoms with van der Waals surface area (Å²) in [6, 6.07) is 11.0. The summed E-state index contributed by atoms with van der Waals surface area (Å²) in [7, 11) is 0. The van der Waals surface area contributed by atoms with E-state index >= 15 is 0 Å². The minimum atomic E-state index is -0.0866. The van der Waals surface area contributed by atoms with Crippen LogP contribution in [0.15, 0.2) is 36.4 Å². The Hall–Kier alpha value is -2.63. The smallest absolute Gasteiger partial charge is 0.225 e. The number of benzene rings is 1. The van der Waals surface area contributed by atoms with Gasteiger partial charge in [-0.05, 0) is 43.3 Å². The lowest BCUT2D eigenvalue weighted by atomic mass is 10.3. The van der Waals surface area contributed by atoms with Gasteiger partial charge in [0.05, 0.1) is 6.61 Å². The Labute approximate surface area is 123 Å². The molecule has 0 unspecified atom stereocenters. The summed E-state index contributed by atoms with van der Waals surface area (Å²) in [6.07, 6.45) is 0.411. The molecule has 2 aromatic rings. The molecule has 110 valence electrons. The maximum Gasteiger partial charge on any atom is 0.225 e. The highest BCUT2D eigenvalue weighted by Crippen LogP contribution is 2.19. The summed E-state index contributed by atoms with van der Waals surface area (Å²) in [5, 5.41) is 13.7. The quantitative estimate of drug-likeness (QED) is 0.853. The molecule has 1 amide bonds. The summed E-state index contributed by atoms with van der Waals surface area (Å²) in [6.45, 7) is 4.37. The van der Waals surface area contributed by atoms with Crippen molar-refractivity contribution >= 4 is 23.2 Å². The molecule has 1 aromatic carbocycles. The first-order valence-electron chi connectivity index (χ1n) is 6.84. The predicted octanol–water partition coefficient (Wildman–Crippen LogP) is 2.97. The molecule has 0 aliphatic heterocycles. The Morgan fingerprint density at radius 3 is 2.29 bits per heavy atom. The van der Waals surface area contributed by atoms with Crippen molar-refractivity contribution in [1.29, 1.82) is 0 Å². The van der Waals surface area contributed by atoms with Gasteiger partial charge in [0.15, 0.2) is 11.6 Å². The van der Waals surface area contributed by atoms with E-state index < -0.39 is 0 Å². The molecular formula is C15H18N4O2. The molecule has 0 saturated heterocycles. The van der Waals surface area contributed by atoms with Crippen molar-refractivity contribution in [2.45, 2.75) is 20.3 Å². The van der Waals surface area contributed by atoms with E-state index in [1.165, 1.54) is 0 Å². The maximum absolute atomic E-state index is 11.2. The van der Waals surface area contributed by atoms with Crippen LogP contribution in [0, 0.1) is 0 Å². The summed E-state index contributed by atoms with van der Waals surface area (Å²) in [5.41, 5.74) is 0.887. The number of rotatable bonds is 6. The van der Waals surface area contributed by atoms with Gasteiger partial charge >= 0.3 is 0 Å². The fourth-order valence-electron chi connectivity index (χ4n) is 1.65. The van der Waals surface area contributed by atoms with Crippen LogP contribution >= 0.6 is 0 Å². The van der Waals surface area contributed by atoms with Gasteiger partial charge in [-0.1, -0.05) is 6.92 Å². The van der Waals surface area contributed by atoms with Gasteiger partial charge in [0.1, 0.15) is 5.75 Å². The van der Waals surface area contributed by atoms with E-state index in [1.807, 2.05) is 31.2 Å². The second kappa shape index (κ2) is 7.23. The Bertz CT molecular complexity index is 582. The first-order chi connectivity index (χ1) is 10.2. The molecule has 1 heterocycles. The molecule has 2 rings (SSSR count). The van der Waals surface area contributed by atoms with Crippen molar-refractivity contribution in [3.8, 4) is 5.75 Å². The highest BCUT2D eigenvalue weighted by molar-refractivity contribution is 5.89. The van der Waals surface area contributed by atoms with E-state index in [-0.39, 0.29) is 5.91 Å². The summed E-state index contributed by atoms with van der Waals surface area (Å²) >= 11 is 0. The first kappa shape index (κ1) is 14.8. The standard InChI is InChI=1S/C15H18N4O2/c1-3-15(20)17-14-10-9-13(18-19-14)16-11-5-7-12(8-6-11)21-4-2/h5-10H,3-4H2,1-2H3,(H,16,18)(H,17,19,20). The van der Waals surface area contributed by atoms with Crippen molar-refractivity contribution < 1.29 is 9.53 Å². The molecular weight excluding hydrogens is 268 g/mol. The number of amides is 1. The van der Waals surface area contributed by atoms with E-state index in [4.69, 9.17) is 4.74 Å². The SMILES string of the molecule is CCOc1ccc(Nc2ccc(NC(=O)CC)nn2)cc1. The third kappa shape index (κ3) is 4.45. The van der Waals surface area contributed by atoms with E-state index in [1.54, 1.807) is 19.1 Å². The molecule has 0 bridgehead atoms. The number of anilines is 3. The fraction of sp³-hybridized carbons (Fsp3) is 0.267. The van der Waals surface area contributed by atoms with Crippen LogP contribution < -0.4 is 15.4 Å². The number of hydrogen-bond acceptors (Lipinski definition) is 5. The van der Waals surface area contributed by atoms with Gasteiger partial charge < -0.3 is 15.4 Å². The van der Waals surface area contributed by atoms with E-state index in [9.17, 15) is 4.79 Å². The molecule has 1 aromatic heterocycles. The van der Waals surface area contributed by atoms with Gasteiger partial charge in [0.25, 0.3) is 0 Å². The van der Waals surface area contributed by atoms with Gasteiger partial charge in [0.2, 0.25) is 5.91 Å². The number of aromatic nitrogens is 2. The maximum atomic E-state index is 11.2. The lowest BCUT2D eigenvalue weighted by molar-refractivity contribution is -0.115. The van der Waals surface area contributed by atoms with E-state index in [0.29, 0.717) is 24.7 Å². The molecule has 0 aliphatic rings. The van der Waals surface area contributed by atoms with Crippen molar-refractivity contribution in [3.05, 3.63) is 36.4 Å². The molecule has 0 fully saturated rings. The highest BCUT2D eigenvalue weighted by Gasteiger charge is 2.02. The molecule has 2 N–H and O–H groups in total. The first-order valence-corrected chi connectivity index (χ1v) is 6.84. The molecule has 6 heteroatoms. The lowest BCUT2D eigenvalue weighted by Gasteiger charge is -2.07. The Morgan fingerprint density at radius 1 is 1.05 bits per heavy atom. The van der Waals surface area contributed by atoms with Gasteiger partial charge in [-0.3, -0.25) is 4.79 Å². The number of carbonyl (C=O) groups is 1. The summed E-state index contributed by atoms with van der Waals surface area (Å²) in [4.78, 5) is 11.2. The van der Waals surface area contributed by atoms with Gasteiger partial charge in [-0.25, -0.2) is 0 Å². The molecule has 0 aliphatic carbocycles. The summed E-state index contributed by atoms with van der Waals surface area (Å²) < 4.78 is 5.38. The van der Waals surface area contributed by atoms with E-state index in [2.05, 4.69) is 20.8 Å². The van der Waals surface area contributed by atoms with Crippen LogP contribution in [0.1, 0.15) is 20.3 Å². The van der Waals surface area contributed by atoms with Gasteiger partial charge in [0, 0.05) is 12.1 Å². The largest absolute Gasteiger partial charge is 0.494 e. The average Bonchev–Trinajstić information content (AvgIpc) is 2.51. The second-order valence-corrected chi connectivity index (χ2v) is 4.29. The Morgan fingerprint density at radius 2 is 1.71 bits per heavy atom. The average molecular weight is 286 g/mol. The molecule has 0 spiro atoms.